The van der Waals surface area contributed by atoms with Gasteiger partial charge in [0, 0.05) is 11.5 Å². The van der Waals surface area contributed by atoms with Crippen molar-refractivity contribution in [2.24, 2.45) is 0 Å². The van der Waals surface area contributed by atoms with Crippen molar-refractivity contribution < 1.29 is 5.11 Å². The molecule has 2 N–H and O–H groups in total. The normalized spacial score (nSPS) is 14.3. The highest BCUT2D eigenvalue weighted by Gasteiger charge is 2.22. The molecule has 4 nitrogen and oxygen atoms in total. The maximum absolute atomic E-state index is 9.59. The van der Waals surface area contributed by atoms with Crippen molar-refractivity contribution in [1.29, 1.82) is 0 Å². The lowest BCUT2D eigenvalue weighted by molar-refractivity contribution is 0.0650. The lowest BCUT2D eigenvalue weighted by atomic mass is 10.0. The predicted octanol–water partition coefficient (Wildman–Crippen LogP) is 1.11. The van der Waals surface area contributed by atoms with Crippen LogP contribution in [-0.4, -0.2) is 26.3 Å². The van der Waals surface area contributed by atoms with E-state index < -0.39 is 5.60 Å². The number of anilines is 1. The van der Waals surface area contributed by atoms with Gasteiger partial charge in [-0.2, -0.15) is 0 Å². The fourth-order valence-corrected chi connectivity index (χ4v) is 1.13. The number of nitrogens with one attached hydrogen (secondary N) is 1. The molecule has 0 radical (unpaired) electrons. The lowest BCUT2D eigenvalue weighted by Gasteiger charge is -2.26. The van der Waals surface area contributed by atoms with Crippen LogP contribution < -0.4 is 5.32 Å². The number of rotatable bonds is 3. The molecule has 0 spiro atoms. The zero-order valence-corrected chi connectivity index (χ0v) is 8.22. The van der Waals surface area contributed by atoms with Gasteiger partial charge in [-0.25, -0.2) is 0 Å². The third-order valence-electron chi connectivity index (χ3n) is 1.78. The van der Waals surface area contributed by atoms with Crippen molar-refractivity contribution >= 4 is 16.5 Å². The van der Waals surface area contributed by atoms with Crippen LogP contribution in [-0.2, 0) is 0 Å². The van der Waals surface area contributed by atoms with E-state index >= 15 is 0 Å². The molecule has 1 aromatic heterocycles. The first kappa shape index (κ1) is 9.41. The molecular weight excluding hydrogens is 174 g/mol. The Labute approximate surface area is 75.8 Å². The molecule has 0 saturated carbocycles. The molecule has 5 heteroatoms. The Hall–Kier alpha value is -0.680. The summed E-state index contributed by atoms with van der Waals surface area (Å²) >= 11 is 1.28. The summed E-state index contributed by atoms with van der Waals surface area (Å²) in [6, 6.07) is -0.0141. The standard InChI is InChI=1S/C7H13N3OS/c1-5(7(2,3)11)9-6-4-8-10-12-6/h4-5,9,11H,1-3H3. The molecule has 1 aromatic rings. The molecule has 1 atom stereocenters. The van der Waals surface area contributed by atoms with Gasteiger partial charge in [0.05, 0.1) is 17.8 Å². The summed E-state index contributed by atoms with van der Waals surface area (Å²) < 4.78 is 3.70. The van der Waals surface area contributed by atoms with Crippen LogP contribution in [0, 0.1) is 0 Å². The Morgan fingerprint density at radius 1 is 1.67 bits per heavy atom. The van der Waals surface area contributed by atoms with Crippen LogP contribution in [0.1, 0.15) is 20.8 Å². The van der Waals surface area contributed by atoms with Gasteiger partial charge in [-0.05, 0) is 20.8 Å². The van der Waals surface area contributed by atoms with Crippen molar-refractivity contribution in [3.8, 4) is 0 Å². The molecule has 0 amide bonds. The molecule has 0 bridgehead atoms. The summed E-state index contributed by atoms with van der Waals surface area (Å²) in [6.45, 7) is 5.44. The van der Waals surface area contributed by atoms with Crippen LogP contribution in [0.5, 0.6) is 0 Å². The van der Waals surface area contributed by atoms with Gasteiger partial charge in [-0.3, -0.25) is 0 Å². The first-order chi connectivity index (χ1) is 5.50. The zero-order chi connectivity index (χ0) is 9.19. The maximum atomic E-state index is 9.59. The van der Waals surface area contributed by atoms with Crippen LogP contribution in [0.15, 0.2) is 6.20 Å². The van der Waals surface area contributed by atoms with Crippen molar-refractivity contribution in [1.82, 2.24) is 9.59 Å². The predicted molar refractivity (Wildman–Crippen MR) is 49.3 cm³/mol. The summed E-state index contributed by atoms with van der Waals surface area (Å²) in [4.78, 5) is 0. The molecular formula is C7H13N3OS. The van der Waals surface area contributed by atoms with Crippen molar-refractivity contribution in [2.75, 3.05) is 5.32 Å². The maximum Gasteiger partial charge on any atom is 0.130 e. The van der Waals surface area contributed by atoms with Gasteiger partial charge in [-0.1, -0.05) is 4.49 Å². The Morgan fingerprint density at radius 3 is 2.75 bits per heavy atom. The minimum Gasteiger partial charge on any atom is -0.388 e. The summed E-state index contributed by atoms with van der Waals surface area (Å²) in [5, 5.41) is 17.3. The van der Waals surface area contributed by atoms with E-state index in [1.165, 1.54) is 11.5 Å². The Kier molecular flexibility index (Phi) is 2.64. The first-order valence-corrected chi connectivity index (χ1v) is 4.54. The molecule has 68 valence electrons. The van der Waals surface area contributed by atoms with Gasteiger partial charge in [0.2, 0.25) is 0 Å². The van der Waals surface area contributed by atoms with Gasteiger partial charge in [0.25, 0.3) is 0 Å². The van der Waals surface area contributed by atoms with E-state index in [4.69, 9.17) is 0 Å². The van der Waals surface area contributed by atoms with E-state index in [0.717, 1.165) is 5.00 Å². The van der Waals surface area contributed by atoms with Crippen LogP contribution in [0.2, 0.25) is 0 Å². The highest BCUT2D eigenvalue weighted by Crippen LogP contribution is 2.16. The average molecular weight is 187 g/mol. The summed E-state index contributed by atoms with van der Waals surface area (Å²) in [5.74, 6) is 0. The van der Waals surface area contributed by atoms with E-state index in [0.29, 0.717) is 0 Å². The number of aromatic nitrogens is 2. The monoisotopic (exact) mass is 187 g/mol. The molecule has 1 rings (SSSR count). The minimum absolute atomic E-state index is 0.0141. The van der Waals surface area contributed by atoms with Crippen LogP contribution in [0.4, 0.5) is 5.00 Å². The number of hydrogen-bond donors (Lipinski definition) is 2. The SMILES string of the molecule is CC(Nc1cnns1)C(C)(C)O. The second-order valence-electron chi connectivity index (χ2n) is 3.30. The smallest absolute Gasteiger partial charge is 0.130 e. The van der Waals surface area contributed by atoms with E-state index in [1.807, 2.05) is 6.92 Å². The number of aliphatic hydroxyl groups is 1. The third-order valence-corrected chi connectivity index (χ3v) is 2.38. The van der Waals surface area contributed by atoms with Gasteiger partial charge < -0.3 is 10.4 Å². The van der Waals surface area contributed by atoms with Crippen LogP contribution >= 0.6 is 11.5 Å². The summed E-state index contributed by atoms with van der Waals surface area (Å²) in [7, 11) is 0. The van der Waals surface area contributed by atoms with Crippen LogP contribution in [0.25, 0.3) is 0 Å². The molecule has 0 aliphatic carbocycles. The Morgan fingerprint density at radius 2 is 2.33 bits per heavy atom. The zero-order valence-electron chi connectivity index (χ0n) is 7.40. The number of hydrogen-bond acceptors (Lipinski definition) is 5. The molecule has 0 saturated heterocycles. The topological polar surface area (TPSA) is 58.0 Å². The molecule has 0 aromatic carbocycles. The molecule has 0 aliphatic rings. The largest absolute Gasteiger partial charge is 0.388 e. The fraction of sp³-hybridized carbons (Fsp3) is 0.714. The fourth-order valence-electron chi connectivity index (χ4n) is 0.621. The summed E-state index contributed by atoms with van der Waals surface area (Å²) in [5.41, 5.74) is -0.732. The highest BCUT2D eigenvalue weighted by atomic mass is 32.1. The van der Waals surface area contributed by atoms with E-state index in [9.17, 15) is 5.11 Å². The van der Waals surface area contributed by atoms with Crippen molar-refractivity contribution in [3.63, 3.8) is 0 Å². The molecule has 1 unspecified atom stereocenters. The Bertz CT molecular complexity index is 229. The van der Waals surface area contributed by atoms with Gasteiger partial charge in [-0.15, -0.1) is 5.10 Å². The average Bonchev–Trinajstić information content (AvgIpc) is 2.37. The second-order valence-corrected chi connectivity index (χ2v) is 4.09. The summed E-state index contributed by atoms with van der Waals surface area (Å²) in [6.07, 6.45) is 1.65. The van der Waals surface area contributed by atoms with E-state index in [1.54, 1.807) is 20.0 Å². The quantitative estimate of drug-likeness (QED) is 0.744. The molecule has 0 fully saturated rings. The third kappa shape index (κ3) is 2.42. The van der Waals surface area contributed by atoms with Gasteiger partial charge in [0.1, 0.15) is 5.00 Å². The molecule has 12 heavy (non-hydrogen) atoms. The van der Waals surface area contributed by atoms with Crippen molar-refractivity contribution in [3.05, 3.63) is 6.20 Å². The highest BCUT2D eigenvalue weighted by molar-refractivity contribution is 7.09. The van der Waals surface area contributed by atoms with E-state index in [2.05, 4.69) is 14.9 Å². The minimum atomic E-state index is -0.732. The Balaban J connectivity index is 2.53. The van der Waals surface area contributed by atoms with Gasteiger partial charge in [0.15, 0.2) is 0 Å². The lowest BCUT2D eigenvalue weighted by Crippen LogP contribution is -2.39. The number of nitrogens with zero attached hydrogens (tertiary/aromatic N) is 2. The van der Waals surface area contributed by atoms with Crippen molar-refractivity contribution in [2.45, 2.75) is 32.4 Å². The molecule has 1 heterocycles. The molecule has 0 aliphatic heterocycles. The second kappa shape index (κ2) is 3.37. The van der Waals surface area contributed by atoms with Crippen LogP contribution in [0.3, 0.4) is 0 Å². The van der Waals surface area contributed by atoms with Gasteiger partial charge >= 0.3 is 0 Å². The van der Waals surface area contributed by atoms with E-state index in [-0.39, 0.29) is 6.04 Å². The first-order valence-electron chi connectivity index (χ1n) is 3.76.